The molecule has 2 rings (SSSR count). The minimum atomic E-state index is -0.668. The van der Waals surface area contributed by atoms with Gasteiger partial charge in [0.2, 0.25) is 0 Å². The quantitative estimate of drug-likeness (QED) is 0.903. The average Bonchev–Trinajstić information content (AvgIpc) is 2.81. The Morgan fingerprint density at radius 1 is 1.33 bits per heavy atom. The van der Waals surface area contributed by atoms with Crippen molar-refractivity contribution in [2.45, 2.75) is 25.8 Å². The van der Waals surface area contributed by atoms with Gasteiger partial charge < -0.3 is 5.73 Å². The summed E-state index contributed by atoms with van der Waals surface area (Å²) in [6, 6.07) is 2.48. The molecular weight excluding hydrogens is 238 g/mol. The van der Waals surface area contributed by atoms with Crippen LogP contribution in [0.4, 0.5) is 8.78 Å². The molecule has 18 heavy (non-hydrogen) atoms. The number of halogens is 2. The van der Waals surface area contributed by atoms with Gasteiger partial charge in [-0.1, -0.05) is 6.92 Å². The summed E-state index contributed by atoms with van der Waals surface area (Å²) in [7, 11) is 0. The van der Waals surface area contributed by atoms with Gasteiger partial charge in [0.1, 0.15) is 18.3 Å². The number of hydrogen-bond donors (Lipinski definition) is 1. The van der Waals surface area contributed by atoms with Crippen LogP contribution in [0.25, 0.3) is 5.69 Å². The molecule has 0 aliphatic heterocycles. The number of nitrogens with two attached hydrogens (primary N) is 1. The van der Waals surface area contributed by atoms with Crippen molar-refractivity contribution in [3.8, 4) is 5.69 Å². The number of rotatable bonds is 4. The summed E-state index contributed by atoms with van der Waals surface area (Å²) >= 11 is 0. The van der Waals surface area contributed by atoms with E-state index in [1.165, 1.54) is 24.8 Å². The van der Waals surface area contributed by atoms with Gasteiger partial charge in [0.25, 0.3) is 0 Å². The molecule has 2 aromatic rings. The number of benzene rings is 1. The predicted octanol–water partition coefficient (Wildman–Crippen LogP) is 1.83. The summed E-state index contributed by atoms with van der Waals surface area (Å²) < 4.78 is 28.8. The molecular formula is C12H14F2N4. The highest BCUT2D eigenvalue weighted by Gasteiger charge is 2.14. The van der Waals surface area contributed by atoms with E-state index in [1.54, 1.807) is 0 Å². The minimum Gasteiger partial charge on any atom is -0.327 e. The molecule has 0 saturated heterocycles. The third-order valence-electron chi connectivity index (χ3n) is 2.75. The zero-order valence-corrected chi connectivity index (χ0v) is 9.98. The Balaban J connectivity index is 2.36. The number of nitrogens with zero attached hydrogens (tertiary/aromatic N) is 3. The largest absolute Gasteiger partial charge is 0.327 e. The van der Waals surface area contributed by atoms with E-state index >= 15 is 0 Å². The first-order valence-corrected chi connectivity index (χ1v) is 5.70. The number of hydrogen-bond acceptors (Lipinski definition) is 3. The molecule has 96 valence electrons. The minimum absolute atomic E-state index is 0.0963. The molecule has 0 amide bonds. The molecule has 0 aliphatic carbocycles. The fraction of sp³-hybridized carbons (Fsp3) is 0.333. The van der Waals surface area contributed by atoms with Gasteiger partial charge in [0.05, 0.1) is 0 Å². The molecule has 0 fully saturated rings. The van der Waals surface area contributed by atoms with Crippen molar-refractivity contribution in [1.29, 1.82) is 0 Å². The van der Waals surface area contributed by atoms with Crippen molar-refractivity contribution in [2.24, 2.45) is 5.73 Å². The third-order valence-corrected chi connectivity index (χ3v) is 2.75. The van der Waals surface area contributed by atoms with Crippen LogP contribution in [0, 0.1) is 11.6 Å². The van der Waals surface area contributed by atoms with Crippen LogP contribution in [0.2, 0.25) is 0 Å². The first kappa shape index (κ1) is 12.6. The van der Waals surface area contributed by atoms with E-state index in [4.69, 9.17) is 5.73 Å². The second-order valence-corrected chi connectivity index (χ2v) is 4.12. The van der Waals surface area contributed by atoms with Gasteiger partial charge in [-0.05, 0) is 30.5 Å². The molecule has 0 aliphatic rings. The molecule has 1 aromatic heterocycles. The maximum absolute atomic E-state index is 13.9. The van der Waals surface area contributed by atoms with Crippen LogP contribution < -0.4 is 5.73 Å². The predicted molar refractivity (Wildman–Crippen MR) is 63.2 cm³/mol. The summed E-state index contributed by atoms with van der Waals surface area (Å²) in [5.41, 5.74) is 6.09. The molecule has 6 heteroatoms. The smallest absolute Gasteiger partial charge is 0.152 e. The topological polar surface area (TPSA) is 56.7 Å². The Morgan fingerprint density at radius 3 is 2.50 bits per heavy atom. The summed E-state index contributed by atoms with van der Waals surface area (Å²) in [5, 5.41) is 3.72. The fourth-order valence-electron chi connectivity index (χ4n) is 1.73. The van der Waals surface area contributed by atoms with Crippen LogP contribution in [0.1, 0.15) is 18.9 Å². The summed E-state index contributed by atoms with van der Waals surface area (Å²) in [4.78, 5) is 3.66. The van der Waals surface area contributed by atoms with E-state index in [2.05, 4.69) is 10.1 Å². The SMILES string of the molecule is CCC(N)Cc1cc(F)c(-n2cncn2)c(F)c1. The Kier molecular flexibility index (Phi) is 3.66. The molecule has 1 aromatic carbocycles. The van der Waals surface area contributed by atoms with Gasteiger partial charge in [-0.2, -0.15) is 5.10 Å². The van der Waals surface area contributed by atoms with Crippen LogP contribution in [-0.2, 0) is 6.42 Å². The van der Waals surface area contributed by atoms with Crippen molar-refractivity contribution >= 4 is 0 Å². The Morgan fingerprint density at radius 2 is 2.00 bits per heavy atom. The van der Waals surface area contributed by atoms with Crippen molar-refractivity contribution in [3.05, 3.63) is 42.0 Å². The van der Waals surface area contributed by atoms with Gasteiger partial charge in [-0.15, -0.1) is 0 Å². The highest BCUT2D eigenvalue weighted by molar-refractivity contribution is 5.37. The average molecular weight is 252 g/mol. The molecule has 0 bridgehead atoms. The van der Waals surface area contributed by atoms with Gasteiger partial charge in [-0.25, -0.2) is 18.4 Å². The highest BCUT2D eigenvalue weighted by Crippen LogP contribution is 2.19. The summed E-state index contributed by atoms with van der Waals surface area (Å²) in [6.45, 7) is 1.93. The molecule has 1 unspecified atom stereocenters. The zero-order valence-electron chi connectivity index (χ0n) is 9.98. The Labute approximate surface area is 103 Å². The first-order valence-electron chi connectivity index (χ1n) is 5.70. The second-order valence-electron chi connectivity index (χ2n) is 4.12. The maximum Gasteiger partial charge on any atom is 0.152 e. The van der Waals surface area contributed by atoms with E-state index in [-0.39, 0.29) is 11.7 Å². The highest BCUT2D eigenvalue weighted by atomic mass is 19.1. The lowest BCUT2D eigenvalue weighted by molar-refractivity contribution is 0.552. The van der Waals surface area contributed by atoms with Crippen LogP contribution in [0.5, 0.6) is 0 Å². The first-order chi connectivity index (χ1) is 8.61. The molecule has 0 radical (unpaired) electrons. The lowest BCUT2D eigenvalue weighted by Crippen LogP contribution is -2.21. The van der Waals surface area contributed by atoms with Gasteiger partial charge in [-0.3, -0.25) is 0 Å². The van der Waals surface area contributed by atoms with Crippen LogP contribution in [0.3, 0.4) is 0 Å². The summed E-state index contributed by atoms with van der Waals surface area (Å²) in [6.07, 6.45) is 3.68. The van der Waals surface area contributed by atoms with Crippen molar-refractivity contribution in [1.82, 2.24) is 14.8 Å². The molecule has 0 saturated carbocycles. The van der Waals surface area contributed by atoms with E-state index in [1.807, 2.05) is 6.92 Å². The standard InChI is InChI=1S/C12H14F2N4/c1-2-9(15)3-8-4-10(13)12(11(14)5-8)18-7-16-6-17-18/h4-7,9H,2-3,15H2,1H3. The molecule has 1 heterocycles. The van der Waals surface area contributed by atoms with Gasteiger partial charge in [0.15, 0.2) is 11.6 Å². The molecule has 0 spiro atoms. The normalized spacial score (nSPS) is 12.7. The van der Waals surface area contributed by atoms with Crippen molar-refractivity contribution in [3.63, 3.8) is 0 Å². The summed E-state index contributed by atoms with van der Waals surface area (Å²) in [5.74, 6) is -1.34. The lowest BCUT2D eigenvalue weighted by atomic mass is 10.0. The van der Waals surface area contributed by atoms with Gasteiger partial charge in [0, 0.05) is 6.04 Å². The second kappa shape index (κ2) is 5.22. The van der Waals surface area contributed by atoms with E-state index in [0.717, 1.165) is 11.1 Å². The third kappa shape index (κ3) is 2.53. The number of aromatic nitrogens is 3. The Bertz CT molecular complexity index is 502. The lowest BCUT2D eigenvalue weighted by Gasteiger charge is -2.11. The van der Waals surface area contributed by atoms with E-state index < -0.39 is 11.6 Å². The van der Waals surface area contributed by atoms with Crippen LogP contribution in [0.15, 0.2) is 24.8 Å². The van der Waals surface area contributed by atoms with Gasteiger partial charge >= 0.3 is 0 Å². The molecule has 1 atom stereocenters. The molecule has 4 nitrogen and oxygen atoms in total. The zero-order chi connectivity index (χ0) is 13.1. The molecule has 2 N–H and O–H groups in total. The van der Waals surface area contributed by atoms with Crippen LogP contribution in [-0.4, -0.2) is 20.8 Å². The van der Waals surface area contributed by atoms with E-state index in [9.17, 15) is 8.78 Å². The van der Waals surface area contributed by atoms with Crippen LogP contribution >= 0.6 is 0 Å². The maximum atomic E-state index is 13.9. The monoisotopic (exact) mass is 252 g/mol. The van der Waals surface area contributed by atoms with E-state index in [0.29, 0.717) is 12.0 Å². The Hall–Kier alpha value is -1.82. The fourth-order valence-corrected chi connectivity index (χ4v) is 1.73. The van der Waals surface area contributed by atoms with Crippen molar-refractivity contribution < 1.29 is 8.78 Å². The van der Waals surface area contributed by atoms with Crippen molar-refractivity contribution in [2.75, 3.05) is 0 Å².